The number of ether oxygens (including phenoxy) is 1. The minimum Gasteiger partial charge on any atom is -0.482 e. The highest BCUT2D eigenvalue weighted by molar-refractivity contribution is 9.10. The van der Waals surface area contributed by atoms with Crippen LogP contribution in [-0.4, -0.2) is 22.8 Å². The first kappa shape index (κ1) is 19.1. The summed E-state index contributed by atoms with van der Waals surface area (Å²) in [6.07, 6.45) is 0. The molecule has 0 atom stereocenters. The SMILES string of the molecule is O=C1NN(C(=O)COc2ccc(Cl)cc2Cl)C(c2ccc(Br)cc2)=CS1. The van der Waals surface area contributed by atoms with Crippen LogP contribution in [-0.2, 0) is 4.79 Å². The highest BCUT2D eigenvalue weighted by Crippen LogP contribution is 2.29. The standard InChI is InChI=1S/C17H11BrCl2N2O3S/c18-11-3-1-10(2-4-11)14-9-26-17(24)21-22(14)16(23)8-25-15-6-5-12(19)7-13(15)20/h1-7,9H,8H2,(H,21,24). The van der Waals surface area contributed by atoms with Crippen LogP contribution >= 0.6 is 50.9 Å². The molecular formula is C17H11BrCl2N2O3S. The van der Waals surface area contributed by atoms with Crippen LogP contribution in [0.2, 0.25) is 10.0 Å². The number of nitrogens with one attached hydrogen (secondary N) is 1. The second-order valence-electron chi connectivity index (χ2n) is 5.12. The van der Waals surface area contributed by atoms with Gasteiger partial charge in [-0.25, -0.2) is 5.01 Å². The molecule has 1 N–H and O–H groups in total. The van der Waals surface area contributed by atoms with Crippen molar-refractivity contribution in [3.8, 4) is 5.75 Å². The lowest BCUT2D eigenvalue weighted by atomic mass is 10.1. The predicted octanol–water partition coefficient (Wildman–Crippen LogP) is 5.33. The van der Waals surface area contributed by atoms with Gasteiger partial charge in [0.1, 0.15) is 5.75 Å². The number of carbonyl (C=O) groups is 2. The van der Waals surface area contributed by atoms with Crippen molar-refractivity contribution in [3.63, 3.8) is 0 Å². The summed E-state index contributed by atoms with van der Waals surface area (Å²) in [5, 5.41) is 3.20. The molecule has 2 aromatic carbocycles. The molecule has 26 heavy (non-hydrogen) atoms. The van der Waals surface area contributed by atoms with Gasteiger partial charge in [-0.15, -0.1) is 0 Å². The van der Waals surface area contributed by atoms with E-state index in [0.29, 0.717) is 21.5 Å². The maximum absolute atomic E-state index is 12.6. The molecule has 0 spiro atoms. The van der Waals surface area contributed by atoms with Crippen molar-refractivity contribution in [1.82, 2.24) is 10.4 Å². The van der Waals surface area contributed by atoms with Gasteiger partial charge in [0.25, 0.3) is 5.91 Å². The van der Waals surface area contributed by atoms with Crippen LogP contribution in [0.15, 0.2) is 52.3 Å². The van der Waals surface area contributed by atoms with E-state index < -0.39 is 5.91 Å². The zero-order valence-electron chi connectivity index (χ0n) is 13.0. The predicted molar refractivity (Wildman–Crippen MR) is 107 cm³/mol. The van der Waals surface area contributed by atoms with Gasteiger partial charge in [-0.05, 0) is 42.1 Å². The number of hydrogen-bond acceptors (Lipinski definition) is 4. The van der Waals surface area contributed by atoms with Gasteiger partial charge in [0, 0.05) is 20.5 Å². The molecule has 0 bridgehead atoms. The Morgan fingerprint density at radius 2 is 1.92 bits per heavy atom. The normalized spacial score (nSPS) is 13.9. The van der Waals surface area contributed by atoms with Crippen LogP contribution in [0.4, 0.5) is 4.79 Å². The van der Waals surface area contributed by atoms with Crippen molar-refractivity contribution < 1.29 is 14.3 Å². The average Bonchev–Trinajstić information content (AvgIpc) is 2.61. The molecular weight excluding hydrogens is 463 g/mol. The molecule has 0 aromatic heterocycles. The summed E-state index contributed by atoms with van der Waals surface area (Å²) in [4.78, 5) is 24.3. The number of hydrazine groups is 1. The molecule has 1 heterocycles. The number of amides is 2. The van der Waals surface area contributed by atoms with Crippen LogP contribution < -0.4 is 10.2 Å². The number of hydrogen-bond donors (Lipinski definition) is 1. The molecule has 9 heteroatoms. The number of carbonyl (C=O) groups excluding carboxylic acids is 2. The fourth-order valence-corrected chi connectivity index (χ4v) is 3.48. The lowest BCUT2D eigenvalue weighted by Crippen LogP contribution is -2.47. The molecule has 0 fully saturated rings. The Hall–Kier alpha value is -1.67. The Labute approximate surface area is 172 Å². The fraction of sp³-hybridized carbons (Fsp3) is 0.0588. The minimum absolute atomic E-state index is 0.298. The van der Waals surface area contributed by atoms with Crippen molar-refractivity contribution in [1.29, 1.82) is 0 Å². The average molecular weight is 474 g/mol. The highest BCUT2D eigenvalue weighted by atomic mass is 79.9. The number of halogens is 3. The molecule has 134 valence electrons. The van der Waals surface area contributed by atoms with E-state index in [0.717, 1.165) is 21.8 Å². The number of rotatable bonds is 4. The molecule has 0 unspecified atom stereocenters. The van der Waals surface area contributed by atoms with Gasteiger partial charge in [0.2, 0.25) is 0 Å². The van der Waals surface area contributed by atoms with E-state index in [-0.39, 0.29) is 11.8 Å². The Kier molecular flexibility index (Phi) is 6.13. The van der Waals surface area contributed by atoms with Gasteiger partial charge in [0.15, 0.2) is 6.61 Å². The third-order valence-corrected chi connectivity index (χ3v) is 5.06. The van der Waals surface area contributed by atoms with Crippen LogP contribution in [0.3, 0.4) is 0 Å². The van der Waals surface area contributed by atoms with E-state index in [9.17, 15) is 9.59 Å². The molecule has 2 aromatic rings. The lowest BCUT2D eigenvalue weighted by Gasteiger charge is -2.28. The maximum atomic E-state index is 12.6. The van der Waals surface area contributed by atoms with Crippen molar-refractivity contribution in [2.75, 3.05) is 6.61 Å². The van der Waals surface area contributed by atoms with Gasteiger partial charge in [-0.2, -0.15) is 0 Å². The molecule has 5 nitrogen and oxygen atoms in total. The van der Waals surface area contributed by atoms with Crippen molar-refractivity contribution in [2.45, 2.75) is 0 Å². The fourth-order valence-electron chi connectivity index (χ4n) is 2.15. The molecule has 0 saturated heterocycles. The van der Waals surface area contributed by atoms with Crippen LogP contribution in [0, 0.1) is 0 Å². The largest absolute Gasteiger partial charge is 0.482 e. The Bertz CT molecular complexity index is 890. The van der Waals surface area contributed by atoms with Crippen molar-refractivity contribution in [2.24, 2.45) is 0 Å². The molecule has 1 aliphatic heterocycles. The van der Waals surface area contributed by atoms with E-state index >= 15 is 0 Å². The summed E-state index contributed by atoms with van der Waals surface area (Å²) in [5.74, 6) is -0.116. The smallest absolute Gasteiger partial charge is 0.302 e. The molecule has 3 rings (SSSR count). The first-order valence-electron chi connectivity index (χ1n) is 7.28. The number of nitrogens with zero attached hydrogens (tertiary/aromatic N) is 1. The molecule has 0 saturated carbocycles. The monoisotopic (exact) mass is 472 g/mol. The van der Waals surface area contributed by atoms with Crippen LogP contribution in [0.5, 0.6) is 5.75 Å². The van der Waals surface area contributed by atoms with Crippen LogP contribution in [0.1, 0.15) is 5.56 Å². The summed E-state index contributed by atoms with van der Waals surface area (Å²) in [7, 11) is 0. The topological polar surface area (TPSA) is 58.6 Å². The maximum Gasteiger partial charge on any atom is 0.302 e. The van der Waals surface area contributed by atoms with Gasteiger partial charge < -0.3 is 4.74 Å². The number of benzene rings is 2. The van der Waals surface area contributed by atoms with Gasteiger partial charge in [-0.3, -0.25) is 15.0 Å². The van der Waals surface area contributed by atoms with E-state index in [1.807, 2.05) is 24.3 Å². The number of thioether (sulfide) groups is 1. The van der Waals surface area contributed by atoms with Gasteiger partial charge >= 0.3 is 5.24 Å². The first-order chi connectivity index (χ1) is 12.4. The van der Waals surface area contributed by atoms with Crippen molar-refractivity contribution >= 4 is 67.7 Å². The minimum atomic E-state index is -0.446. The van der Waals surface area contributed by atoms with Gasteiger partial charge in [-0.1, -0.05) is 51.3 Å². The zero-order chi connectivity index (χ0) is 18.7. The zero-order valence-corrected chi connectivity index (χ0v) is 17.0. The third kappa shape index (κ3) is 4.54. The summed E-state index contributed by atoms with van der Waals surface area (Å²) >= 11 is 16.2. The molecule has 1 aliphatic rings. The van der Waals surface area contributed by atoms with Gasteiger partial charge in [0.05, 0.1) is 10.7 Å². The third-order valence-electron chi connectivity index (χ3n) is 3.36. The highest BCUT2D eigenvalue weighted by Gasteiger charge is 2.26. The summed E-state index contributed by atoms with van der Waals surface area (Å²) in [6.45, 7) is -0.305. The van der Waals surface area contributed by atoms with E-state index in [1.165, 1.54) is 11.1 Å². The Morgan fingerprint density at radius 3 is 2.62 bits per heavy atom. The van der Waals surface area contributed by atoms with E-state index in [2.05, 4.69) is 21.4 Å². The second-order valence-corrected chi connectivity index (χ2v) is 7.72. The lowest BCUT2D eigenvalue weighted by molar-refractivity contribution is -0.131. The summed E-state index contributed by atoms with van der Waals surface area (Å²) in [5.41, 5.74) is 3.86. The van der Waals surface area contributed by atoms with E-state index in [1.54, 1.807) is 17.5 Å². The molecule has 2 amide bonds. The first-order valence-corrected chi connectivity index (χ1v) is 9.71. The summed E-state index contributed by atoms with van der Waals surface area (Å²) in [6, 6.07) is 12.1. The van der Waals surface area contributed by atoms with Crippen molar-refractivity contribution in [3.05, 3.63) is 68.0 Å². The second kappa shape index (κ2) is 8.35. The quantitative estimate of drug-likeness (QED) is 0.651. The van der Waals surface area contributed by atoms with E-state index in [4.69, 9.17) is 27.9 Å². The van der Waals surface area contributed by atoms with Crippen LogP contribution in [0.25, 0.3) is 5.70 Å². The summed E-state index contributed by atoms with van der Waals surface area (Å²) < 4.78 is 6.38. The Morgan fingerprint density at radius 1 is 1.19 bits per heavy atom. The molecule has 0 aliphatic carbocycles. The Balaban J connectivity index is 1.77. The molecule has 0 radical (unpaired) electrons.